The molecule has 4 rings (SSSR count). The Morgan fingerprint density at radius 1 is 0.655 bits per heavy atom. The van der Waals surface area contributed by atoms with Gasteiger partial charge in [-0.15, -0.1) is 0 Å². The SMILES string of the molecule is C=c1/c2ccc3cccc(c13)/C=C\CC(CCCC(=O)N1CCN(C(=O)OC(C)(C)C)CCN(C(=O)OC(C)(C)C)CCN(C(=O)OC(C)(C)C)CC1)C\C=2. The molecule has 1 heterocycles. The zero-order chi connectivity index (χ0) is 40.6. The number of carbonyl (C=O) groups excluding carboxylic acids is 4. The number of ether oxygens (including phenoxy) is 3. The van der Waals surface area contributed by atoms with Crippen molar-refractivity contribution < 1.29 is 33.4 Å². The molecule has 1 aliphatic heterocycles. The highest BCUT2D eigenvalue weighted by atomic mass is 16.6. The van der Waals surface area contributed by atoms with Crippen molar-refractivity contribution in [2.45, 2.75) is 111 Å². The summed E-state index contributed by atoms with van der Waals surface area (Å²) in [6.07, 6.45) is 8.80. The second-order valence-electron chi connectivity index (χ2n) is 17.7. The highest BCUT2D eigenvalue weighted by Gasteiger charge is 2.30. The van der Waals surface area contributed by atoms with E-state index < -0.39 is 35.1 Å². The van der Waals surface area contributed by atoms with E-state index in [-0.39, 0.29) is 58.3 Å². The van der Waals surface area contributed by atoms with Gasteiger partial charge in [0.25, 0.3) is 0 Å². The van der Waals surface area contributed by atoms with Crippen LogP contribution in [0, 0.1) is 5.92 Å². The van der Waals surface area contributed by atoms with E-state index in [2.05, 4.69) is 55.1 Å². The summed E-state index contributed by atoms with van der Waals surface area (Å²) in [5, 5.41) is 4.57. The van der Waals surface area contributed by atoms with E-state index in [0.29, 0.717) is 18.8 Å². The molecule has 1 fully saturated rings. The second-order valence-corrected chi connectivity index (χ2v) is 17.7. The summed E-state index contributed by atoms with van der Waals surface area (Å²) in [5.74, 6) is 0.313. The quantitative estimate of drug-likeness (QED) is 0.304. The molecule has 0 radical (unpaired) electrons. The van der Waals surface area contributed by atoms with Gasteiger partial charge in [0.1, 0.15) is 16.8 Å². The van der Waals surface area contributed by atoms with Crippen LogP contribution in [-0.2, 0) is 19.0 Å². The smallest absolute Gasteiger partial charge is 0.410 e. The maximum atomic E-state index is 14.0. The lowest BCUT2D eigenvalue weighted by Gasteiger charge is -2.36. The zero-order valence-corrected chi connectivity index (χ0v) is 34.7. The minimum absolute atomic E-state index is 0.0421. The average molecular weight is 761 g/mol. The molecule has 11 heteroatoms. The third kappa shape index (κ3) is 13.6. The van der Waals surface area contributed by atoms with Crippen LogP contribution in [0.3, 0.4) is 0 Å². The van der Waals surface area contributed by atoms with Gasteiger partial charge in [0.05, 0.1) is 0 Å². The molecule has 0 aromatic heterocycles. The second kappa shape index (κ2) is 18.4. The van der Waals surface area contributed by atoms with E-state index in [1.165, 1.54) is 21.2 Å². The first-order chi connectivity index (χ1) is 25.7. The van der Waals surface area contributed by atoms with Crippen molar-refractivity contribution in [1.29, 1.82) is 0 Å². The topological polar surface area (TPSA) is 109 Å². The van der Waals surface area contributed by atoms with Crippen LogP contribution in [0.25, 0.3) is 29.5 Å². The first-order valence-electron chi connectivity index (χ1n) is 19.8. The number of carbonyl (C=O) groups is 4. The molecule has 1 atom stereocenters. The van der Waals surface area contributed by atoms with E-state index in [9.17, 15) is 19.2 Å². The van der Waals surface area contributed by atoms with E-state index in [4.69, 9.17) is 14.2 Å². The predicted molar refractivity (Wildman–Crippen MR) is 219 cm³/mol. The Labute approximate surface area is 327 Å². The molecule has 0 spiro atoms. The Morgan fingerprint density at radius 3 is 1.60 bits per heavy atom. The van der Waals surface area contributed by atoms with Crippen molar-refractivity contribution in [3.63, 3.8) is 0 Å². The van der Waals surface area contributed by atoms with Gasteiger partial charge in [-0.3, -0.25) is 4.79 Å². The number of nitrogens with zero attached hydrogens (tertiary/aromatic N) is 4. The summed E-state index contributed by atoms with van der Waals surface area (Å²) in [6, 6.07) is 10.6. The van der Waals surface area contributed by atoms with Gasteiger partial charge in [-0.25, -0.2) is 14.4 Å². The Bertz CT molecular complexity index is 1770. The van der Waals surface area contributed by atoms with Crippen molar-refractivity contribution >= 4 is 53.7 Å². The lowest BCUT2D eigenvalue weighted by Crippen LogP contribution is -2.52. The third-order valence-corrected chi connectivity index (χ3v) is 9.53. The third-order valence-electron chi connectivity index (χ3n) is 9.53. The fraction of sp³-hybridized carbons (Fsp3) is 0.591. The van der Waals surface area contributed by atoms with Crippen LogP contribution in [0.2, 0.25) is 0 Å². The lowest BCUT2D eigenvalue weighted by atomic mass is 9.91. The molecule has 2 aromatic carbocycles. The Balaban J connectivity index is 1.51. The molecule has 0 N–H and O–H groups in total. The summed E-state index contributed by atoms with van der Waals surface area (Å²) in [6.45, 7) is 22.1. The van der Waals surface area contributed by atoms with Crippen LogP contribution >= 0.6 is 0 Å². The van der Waals surface area contributed by atoms with Crippen molar-refractivity contribution in [3.8, 4) is 0 Å². The zero-order valence-electron chi connectivity index (χ0n) is 34.7. The van der Waals surface area contributed by atoms with Gasteiger partial charge in [-0.05, 0) is 121 Å². The van der Waals surface area contributed by atoms with E-state index in [1.807, 2.05) is 0 Å². The summed E-state index contributed by atoms with van der Waals surface area (Å²) in [7, 11) is 0. The predicted octanol–water partition coefficient (Wildman–Crippen LogP) is 7.18. The van der Waals surface area contributed by atoms with Crippen molar-refractivity contribution in [2.24, 2.45) is 5.92 Å². The summed E-state index contributed by atoms with van der Waals surface area (Å²) < 4.78 is 17.2. The van der Waals surface area contributed by atoms with Crippen LogP contribution in [0.15, 0.2) is 36.4 Å². The van der Waals surface area contributed by atoms with E-state index >= 15 is 0 Å². The molecule has 1 saturated heterocycles. The summed E-state index contributed by atoms with van der Waals surface area (Å²) >= 11 is 0. The van der Waals surface area contributed by atoms with E-state index in [1.54, 1.807) is 77.0 Å². The number of rotatable bonds is 4. The minimum Gasteiger partial charge on any atom is -0.444 e. The fourth-order valence-electron chi connectivity index (χ4n) is 6.73. The molecule has 302 valence electrons. The van der Waals surface area contributed by atoms with Crippen molar-refractivity contribution in [2.75, 3.05) is 52.4 Å². The largest absolute Gasteiger partial charge is 0.444 e. The monoisotopic (exact) mass is 760 g/mol. The molecule has 2 aliphatic rings. The average Bonchev–Trinajstić information content (AvgIpc) is 3.05. The van der Waals surface area contributed by atoms with Crippen LogP contribution in [0.5, 0.6) is 0 Å². The standard InChI is InChI=1S/C44H64N4O7/c1-32-34-21-20-33(14-11-16-35-17-13-18-36(23-22-34)38(32)35)15-12-19-37(49)45-24-26-46(39(50)53-42(2,3)4)28-30-48(41(52)55-44(8,9)10)31-29-47(27-25-45)40(51)54-43(5,6)7/h11,13,16-18,21-23,33H,1,12,14-15,19-20,24-31H2,2-10H3/b16-11-,34-21+. The first kappa shape index (κ1) is 43.2. The number of hydrogen-bond acceptors (Lipinski definition) is 7. The molecule has 11 nitrogen and oxygen atoms in total. The van der Waals surface area contributed by atoms with Gasteiger partial charge in [0.2, 0.25) is 5.91 Å². The van der Waals surface area contributed by atoms with Gasteiger partial charge in [0, 0.05) is 58.8 Å². The summed E-state index contributed by atoms with van der Waals surface area (Å²) in [5.41, 5.74) is -1.04. The van der Waals surface area contributed by atoms with Crippen molar-refractivity contribution in [1.82, 2.24) is 19.6 Å². The fourth-order valence-corrected chi connectivity index (χ4v) is 6.73. The maximum Gasteiger partial charge on any atom is 0.410 e. The van der Waals surface area contributed by atoms with Crippen LogP contribution in [0.1, 0.15) is 100.0 Å². The van der Waals surface area contributed by atoms with Gasteiger partial charge in [-0.2, -0.15) is 0 Å². The van der Waals surface area contributed by atoms with Gasteiger partial charge in [-0.1, -0.05) is 55.1 Å². The Kier molecular flexibility index (Phi) is 14.4. The van der Waals surface area contributed by atoms with Crippen LogP contribution < -0.4 is 10.4 Å². The Hall–Kier alpha value is -4.54. The van der Waals surface area contributed by atoms with Crippen molar-refractivity contribution in [3.05, 3.63) is 52.4 Å². The Morgan fingerprint density at radius 2 is 1.13 bits per heavy atom. The highest BCUT2D eigenvalue weighted by molar-refractivity contribution is 5.91. The number of benzene rings is 2. The molecule has 1 unspecified atom stereocenters. The summed E-state index contributed by atoms with van der Waals surface area (Å²) in [4.78, 5) is 60.5. The van der Waals surface area contributed by atoms with Gasteiger partial charge < -0.3 is 33.8 Å². The minimum atomic E-state index is -0.738. The van der Waals surface area contributed by atoms with Gasteiger partial charge >= 0.3 is 18.3 Å². The molecular weight excluding hydrogens is 697 g/mol. The number of hydrogen-bond donors (Lipinski definition) is 0. The molecule has 0 saturated carbocycles. The molecule has 55 heavy (non-hydrogen) atoms. The van der Waals surface area contributed by atoms with Gasteiger partial charge in [0.15, 0.2) is 0 Å². The molecular formula is C44H64N4O7. The number of fused-ring (bicyclic) bond motifs is 1. The number of amides is 4. The normalized spacial score (nSPS) is 19.1. The van der Waals surface area contributed by atoms with Crippen LogP contribution in [0.4, 0.5) is 14.4 Å². The first-order valence-corrected chi connectivity index (χ1v) is 19.8. The van der Waals surface area contributed by atoms with Crippen LogP contribution in [-0.4, -0.2) is 113 Å². The number of allylic oxidation sites excluding steroid dienone is 1. The van der Waals surface area contributed by atoms with E-state index in [0.717, 1.165) is 29.7 Å². The highest BCUT2D eigenvalue weighted by Crippen LogP contribution is 2.23. The maximum absolute atomic E-state index is 14.0. The molecule has 2 aromatic rings. The molecule has 4 amide bonds. The molecule has 1 aliphatic carbocycles. The molecule has 2 bridgehead atoms. The lowest BCUT2D eigenvalue weighted by molar-refractivity contribution is -0.132.